The Kier molecular flexibility index (Phi) is 7.79. The molecule has 2 heterocycles. The molecule has 1 aromatic heterocycles. The molecule has 2 rings (SSSR count). The van der Waals surface area contributed by atoms with Gasteiger partial charge < -0.3 is 14.5 Å². The number of rotatable bonds is 8. The minimum atomic E-state index is 0.204. The summed E-state index contributed by atoms with van der Waals surface area (Å²) >= 11 is 5.79. The van der Waals surface area contributed by atoms with E-state index in [0.29, 0.717) is 23.4 Å². The third-order valence-electron chi connectivity index (χ3n) is 4.58. The summed E-state index contributed by atoms with van der Waals surface area (Å²) in [5, 5.41) is 0.615. The molecule has 1 aliphatic heterocycles. The molecule has 0 bridgehead atoms. The molecule has 1 aliphatic rings. The molecule has 6 heteroatoms. The standard InChI is InChI=1S/C18H28ClN3O2/c1-3-22(4-2)18(23)15-8-11-21(12-9-15)10-5-13-24-17-7-6-16(19)14-20-17/h6-7,14-15H,3-5,8-13H2,1-2H3. The topological polar surface area (TPSA) is 45.7 Å². The van der Waals surface area contributed by atoms with Crippen molar-refractivity contribution in [1.82, 2.24) is 14.8 Å². The molecule has 1 fully saturated rings. The fourth-order valence-corrected chi connectivity index (χ4v) is 3.22. The maximum atomic E-state index is 12.4. The van der Waals surface area contributed by atoms with Crippen LogP contribution in [0.2, 0.25) is 5.02 Å². The van der Waals surface area contributed by atoms with E-state index < -0.39 is 0 Å². The molecular formula is C18H28ClN3O2. The van der Waals surface area contributed by atoms with Gasteiger partial charge in [-0.3, -0.25) is 4.79 Å². The first-order chi connectivity index (χ1) is 11.6. The van der Waals surface area contributed by atoms with Crippen LogP contribution in [0.3, 0.4) is 0 Å². The average molecular weight is 354 g/mol. The molecule has 1 aromatic rings. The molecule has 1 saturated heterocycles. The Morgan fingerprint density at radius 2 is 2.04 bits per heavy atom. The van der Waals surface area contributed by atoms with Crippen molar-refractivity contribution in [3.05, 3.63) is 23.4 Å². The summed E-state index contributed by atoms with van der Waals surface area (Å²) in [7, 11) is 0. The average Bonchev–Trinajstić information content (AvgIpc) is 2.62. The molecule has 134 valence electrons. The van der Waals surface area contributed by atoms with E-state index >= 15 is 0 Å². The second-order valence-electron chi connectivity index (χ2n) is 6.14. The van der Waals surface area contributed by atoms with Crippen LogP contribution in [-0.2, 0) is 4.79 Å². The van der Waals surface area contributed by atoms with Crippen molar-refractivity contribution in [3.8, 4) is 5.88 Å². The molecule has 0 atom stereocenters. The molecule has 24 heavy (non-hydrogen) atoms. The van der Waals surface area contributed by atoms with Crippen LogP contribution in [0.5, 0.6) is 5.88 Å². The number of carbonyl (C=O) groups is 1. The SMILES string of the molecule is CCN(CC)C(=O)C1CCN(CCCOc2ccc(Cl)cn2)CC1. The van der Waals surface area contributed by atoms with Gasteiger partial charge in [0.05, 0.1) is 11.6 Å². The van der Waals surface area contributed by atoms with E-state index in [1.165, 1.54) is 0 Å². The zero-order valence-electron chi connectivity index (χ0n) is 14.7. The Morgan fingerprint density at radius 1 is 1.33 bits per heavy atom. The van der Waals surface area contributed by atoms with Gasteiger partial charge in [-0.15, -0.1) is 0 Å². The van der Waals surface area contributed by atoms with E-state index in [0.717, 1.165) is 52.0 Å². The number of halogens is 1. The molecule has 0 N–H and O–H groups in total. The van der Waals surface area contributed by atoms with Crippen LogP contribution in [0.4, 0.5) is 0 Å². The number of amides is 1. The fraction of sp³-hybridized carbons (Fsp3) is 0.667. The highest BCUT2D eigenvalue weighted by Crippen LogP contribution is 2.20. The summed E-state index contributed by atoms with van der Waals surface area (Å²) < 4.78 is 5.61. The monoisotopic (exact) mass is 353 g/mol. The van der Waals surface area contributed by atoms with Crippen LogP contribution in [-0.4, -0.2) is 60.0 Å². The predicted octanol–water partition coefficient (Wildman–Crippen LogP) is 3.08. The van der Waals surface area contributed by atoms with Crippen molar-refractivity contribution in [3.63, 3.8) is 0 Å². The Hall–Kier alpha value is -1.33. The number of piperidine rings is 1. The van der Waals surface area contributed by atoms with Gasteiger partial charge in [-0.25, -0.2) is 4.98 Å². The summed E-state index contributed by atoms with van der Waals surface area (Å²) in [6.45, 7) is 9.36. The van der Waals surface area contributed by atoms with Crippen molar-refractivity contribution in [2.24, 2.45) is 5.92 Å². The van der Waals surface area contributed by atoms with Gasteiger partial charge in [0.1, 0.15) is 0 Å². The number of nitrogens with zero attached hydrogens (tertiary/aromatic N) is 3. The van der Waals surface area contributed by atoms with Crippen LogP contribution in [0.15, 0.2) is 18.3 Å². The number of hydrogen-bond acceptors (Lipinski definition) is 4. The highest BCUT2D eigenvalue weighted by Gasteiger charge is 2.27. The van der Waals surface area contributed by atoms with E-state index in [2.05, 4.69) is 9.88 Å². The lowest BCUT2D eigenvalue weighted by Gasteiger charge is -2.33. The minimum Gasteiger partial charge on any atom is -0.478 e. The van der Waals surface area contributed by atoms with E-state index in [1.54, 1.807) is 18.3 Å². The quantitative estimate of drug-likeness (QED) is 0.674. The zero-order chi connectivity index (χ0) is 17.4. The van der Waals surface area contributed by atoms with Crippen LogP contribution in [0, 0.1) is 5.92 Å². The molecule has 0 spiro atoms. The number of likely N-dealkylation sites (tertiary alicyclic amines) is 1. The predicted molar refractivity (Wildman–Crippen MR) is 96.5 cm³/mol. The third-order valence-corrected chi connectivity index (χ3v) is 4.80. The first-order valence-electron chi connectivity index (χ1n) is 8.89. The van der Waals surface area contributed by atoms with E-state index in [1.807, 2.05) is 18.7 Å². The lowest BCUT2D eigenvalue weighted by molar-refractivity contribution is -0.136. The molecule has 0 aromatic carbocycles. The van der Waals surface area contributed by atoms with Gasteiger partial charge in [0.15, 0.2) is 0 Å². The van der Waals surface area contributed by atoms with Gasteiger partial charge in [-0.05, 0) is 52.3 Å². The van der Waals surface area contributed by atoms with Gasteiger partial charge in [-0.1, -0.05) is 11.6 Å². The number of carbonyl (C=O) groups excluding carboxylic acids is 1. The first-order valence-corrected chi connectivity index (χ1v) is 9.27. The molecular weight excluding hydrogens is 326 g/mol. The smallest absolute Gasteiger partial charge is 0.225 e. The summed E-state index contributed by atoms with van der Waals surface area (Å²) in [4.78, 5) is 20.9. The Labute approximate surface area is 149 Å². The number of ether oxygens (including phenoxy) is 1. The minimum absolute atomic E-state index is 0.204. The van der Waals surface area contributed by atoms with Gasteiger partial charge in [-0.2, -0.15) is 0 Å². The van der Waals surface area contributed by atoms with Crippen LogP contribution in [0.25, 0.3) is 0 Å². The molecule has 0 saturated carbocycles. The number of pyridine rings is 1. The Morgan fingerprint density at radius 3 is 2.62 bits per heavy atom. The highest BCUT2D eigenvalue weighted by atomic mass is 35.5. The van der Waals surface area contributed by atoms with Gasteiger partial charge >= 0.3 is 0 Å². The molecule has 0 unspecified atom stereocenters. The second-order valence-corrected chi connectivity index (χ2v) is 6.58. The number of aromatic nitrogens is 1. The van der Waals surface area contributed by atoms with Crippen LogP contribution in [0.1, 0.15) is 33.1 Å². The second kappa shape index (κ2) is 9.84. The lowest BCUT2D eigenvalue weighted by atomic mass is 9.95. The summed E-state index contributed by atoms with van der Waals surface area (Å²) in [5.41, 5.74) is 0. The molecule has 0 aliphatic carbocycles. The summed E-state index contributed by atoms with van der Waals surface area (Å²) in [6, 6.07) is 3.56. The highest BCUT2D eigenvalue weighted by molar-refractivity contribution is 6.30. The Balaban J connectivity index is 1.62. The maximum Gasteiger partial charge on any atom is 0.225 e. The molecule has 5 nitrogen and oxygen atoms in total. The zero-order valence-corrected chi connectivity index (χ0v) is 15.5. The van der Waals surface area contributed by atoms with E-state index in [-0.39, 0.29) is 5.92 Å². The van der Waals surface area contributed by atoms with Crippen molar-refractivity contribution in [1.29, 1.82) is 0 Å². The van der Waals surface area contributed by atoms with Crippen molar-refractivity contribution in [2.75, 3.05) is 39.3 Å². The van der Waals surface area contributed by atoms with Gasteiger partial charge in [0.25, 0.3) is 0 Å². The van der Waals surface area contributed by atoms with Gasteiger partial charge in [0.2, 0.25) is 11.8 Å². The van der Waals surface area contributed by atoms with E-state index in [4.69, 9.17) is 16.3 Å². The maximum absolute atomic E-state index is 12.4. The van der Waals surface area contributed by atoms with Crippen LogP contribution < -0.4 is 4.74 Å². The van der Waals surface area contributed by atoms with E-state index in [9.17, 15) is 4.79 Å². The van der Waals surface area contributed by atoms with Gasteiger partial charge in [0, 0.05) is 37.8 Å². The molecule has 1 amide bonds. The lowest BCUT2D eigenvalue weighted by Crippen LogP contribution is -2.42. The number of hydrogen-bond donors (Lipinski definition) is 0. The summed E-state index contributed by atoms with van der Waals surface area (Å²) in [5.74, 6) is 1.15. The molecule has 0 radical (unpaired) electrons. The van der Waals surface area contributed by atoms with Crippen LogP contribution >= 0.6 is 11.6 Å². The Bertz CT molecular complexity index is 497. The van der Waals surface area contributed by atoms with Crippen molar-refractivity contribution >= 4 is 17.5 Å². The first kappa shape index (κ1) is 19.0. The van der Waals surface area contributed by atoms with Crippen molar-refractivity contribution < 1.29 is 9.53 Å². The largest absolute Gasteiger partial charge is 0.478 e. The summed E-state index contributed by atoms with van der Waals surface area (Å²) in [6.07, 6.45) is 4.48. The normalized spacial score (nSPS) is 16.1. The fourth-order valence-electron chi connectivity index (χ4n) is 3.11. The third kappa shape index (κ3) is 5.64. The van der Waals surface area contributed by atoms with Crippen molar-refractivity contribution in [2.45, 2.75) is 33.1 Å².